The van der Waals surface area contributed by atoms with Crippen molar-refractivity contribution >= 4 is 23.5 Å². The molecule has 0 bridgehead atoms. The predicted octanol–water partition coefficient (Wildman–Crippen LogP) is 1.27. The second-order valence-electron chi connectivity index (χ2n) is 3.35. The molecule has 4 nitrogen and oxygen atoms in total. The first-order chi connectivity index (χ1) is 6.61. The van der Waals surface area contributed by atoms with Crippen molar-refractivity contribution in [2.45, 2.75) is 4.90 Å². The van der Waals surface area contributed by atoms with E-state index in [4.69, 9.17) is 5.11 Å². The SMILES string of the molecule is CN1CCSc2cc(C(=O)O)n(C)c21. The van der Waals surface area contributed by atoms with Crippen LogP contribution in [0.1, 0.15) is 10.5 Å². The Hall–Kier alpha value is -1.10. The number of nitrogens with zero attached hydrogens (tertiary/aromatic N) is 2. The van der Waals surface area contributed by atoms with Gasteiger partial charge in [0.25, 0.3) is 0 Å². The van der Waals surface area contributed by atoms with Crippen LogP contribution >= 0.6 is 11.8 Å². The molecule has 0 amide bonds. The van der Waals surface area contributed by atoms with Crippen molar-refractivity contribution in [1.29, 1.82) is 0 Å². The summed E-state index contributed by atoms with van der Waals surface area (Å²) in [5, 5.41) is 8.95. The fourth-order valence-electron chi connectivity index (χ4n) is 1.72. The molecule has 0 atom stereocenters. The molecule has 0 aromatic carbocycles. The van der Waals surface area contributed by atoms with Crippen LogP contribution in [0.3, 0.4) is 0 Å². The van der Waals surface area contributed by atoms with E-state index in [-0.39, 0.29) is 0 Å². The first-order valence-electron chi connectivity index (χ1n) is 4.38. The van der Waals surface area contributed by atoms with Crippen molar-refractivity contribution in [2.24, 2.45) is 7.05 Å². The van der Waals surface area contributed by atoms with E-state index in [1.165, 1.54) is 0 Å². The third-order valence-corrected chi connectivity index (χ3v) is 3.43. The molecule has 0 saturated carbocycles. The highest BCUT2D eigenvalue weighted by atomic mass is 32.2. The maximum Gasteiger partial charge on any atom is 0.352 e. The summed E-state index contributed by atoms with van der Waals surface area (Å²) in [6.45, 7) is 0.967. The molecular formula is C9H12N2O2S. The predicted molar refractivity (Wildman–Crippen MR) is 56.4 cm³/mol. The smallest absolute Gasteiger partial charge is 0.352 e. The van der Waals surface area contributed by atoms with Gasteiger partial charge in [-0.05, 0) is 6.07 Å². The van der Waals surface area contributed by atoms with Gasteiger partial charge in [-0.2, -0.15) is 0 Å². The molecule has 5 heteroatoms. The number of anilines is 1. The van der Waals surface area contributed by atoms with Crippen molar-refractivity contribution in [3.05, 3.63) is 11.8 Å². The van der Waals surface area contributed by atoms with Gasteiger partial charge in [-0.1, -0.05) is 0 Å². The number of carboxylic acid groups (broad SMARTS) is 1. The molecule has 0 aliphatic carbocycles. The van der Waals surface area contributed by atoms with E-state index < -0.39 is 5.97 Å². The summed E-state index contributed by atoms with van der Waals surface area (Å²) < 4.78 is 1.74. The first-order valence-corrected chi connectivity index (χ1v) is 5.36. The Bertz CT molecular complexity index is 386. The number of thioether (sulfide) groups is 1. The largest absolute Gasteiger partial charge is 0.477 e. The molecule has 14 heavy (non-hydrogen) atoms. The lowest BCUT2D eigenvalue weighted by Crippen LogP contribution is -2.26. The van der Waals surface area contributed by atoms with Gasteiger partial charge in [0.15, 0.2) is 0 Å². The highest BCUT2D eigenvalue weighted by Crippen LogP contribution is 2.36. The third kappa shape index (κ3) is 1.28. The number of rotatable bonds is 1. The number of fused-ring (bicyclic) bond motifs is 1. The maximum absolute atomic E-state index is 10.9. The Labute approximate surface area is 86.5 Å². The maximum atomic E-state index is 10.9. The van der Waals surface area contributed by atoms with Crippen molar-refractivity contribution < 1.29 is 9.90 Å². The zero-order chi connectivity index (χ0) is 10.3. The molecular weight excluding hydrogens is 200 g/mol. The summed E-state index contributed by atoms with van der Waals surface area (Å²) in [4.78, 5) is 14.1. The molecule has 0 fully saturated rings. The van der Waals surface area contributed by atoms with Crippen LogP contribution in [0.4, 0.5) is 5.82 Å². The first kappa shape index (κ1) is 9.45. The molecule has 0 radical (unpaired) electrons. The monoisotopic (exact) mass is 212 g/mol. The summed E-state index contributed by atoms with van der Waals surface area (Å²) in [5.41, 5.74) is 0.358. The number of aromatic carboxylic acids is 1. The molecule has 1 aliphatic rings. The third-order valence-electron chi connectivity index (χ3n) is 2.43. The second kappa shape index (κ2) is 3.24. The van der Waals surface area contributed by atoms with Crippen molar-refractivity contribution in [2.75, 3.05) is 24.2 Å². The molecule has 1 N–H and O–H groups in total. The van der Waals surface area contributed by atoms with Gasteiger partial charge in [0.1, 0.15) is 11.5 Å². The van der Waals surface area contributed by atoms with Crippen LogP contribution in [-0.2, 0) is 7.05 Å². The van der Waals surface area contributed by atoms with E-state index in [2.05, 4.69) is 4.90 Å². The van der Waals surface area contributed by atoms with Gasteiger partial charge in [0, 0.05) is 26.4 Å². The summed E-state index contributed by atoms with van der Waals surface area (Å²) in [7, 11) is 3.79. The molecule has 2 rings (SSSR count). The number of hydrogen-bond acceptors (Lipinski definition) is 3. The van der Waals surface area contributed by atoms with Crippen LogP contribution in [0.15, 0.2) is 11.0 Å². The Kier molecular flexibility index (Phi) is 2.19. The van der Waals surface area contributed by atoms with Crippen LogP contribution in [-0.4, -0.2) is 35.0 Å². The Balaban J connectivity index is 2.55. The van der Waals surface area contributed by atoms with Crippen LogP contribution < -0.4 is 4.90 Å². The Morgan fingerprint density at radius 3 is 2.86 bits per heavy atom. The minimum atomic E-state index is -0.865. The molecule has 1 aromatic rings. The van der Waals surface area contributed by atoms with Gasteiger partial charge < -0.3 is 14.6 Å². The molecule has 0 unspecified atom stereocenters. The van der Waals surface area contributed by atoms with Gasteiger partial charge in [0.2, 0.25) is 0 Å². The number of hydrogen-bond donors (Lipinski definition) is 1. The standard InChI is InChI=1S/C9H12N2O2S/c1-10-3-4-14-7-5-6(9(12)13)11(2)8(7)10/h5H,3-4H2,1-2H3,(H,12,13). The number of aromatic nitrogens is 1. The van der Waals surface area contributed by atoms with E-state index in [0.717, 1.165) is 23.0 Å². The zero-order valence-corrected chi connectivity index (χ0v) is 8.97. The molecule has 0 saturated heterocycles. The van der Waals surface area contributed by atoms with Gasteiger partial charge in [-0.3, -0.25) is 0 Å². The lowest BCUT2D eigenvalue weighted by molar-refractivity contribution is 0.0686. The fraction of sp³-hybridized carbons (Fsp3) is 0.444. The van der Waals surface area contributed by atoms with Crippen molar-refractivity contribution in [3.63, 3.8) is 0 Å². The fourth-order valence-corrected chi connectivity index (χ4v) is 2.92. The van der Waals surface area contributed by atoms with E-state index in [1.807, 2.05) is 7.05 Å². The lowest BCUT2D eigenvalue weighted by atomic mass is 10.4. The zero-order valence-electron chi connectivity index (χ0n) is 8.15. The topological polar surface area (TPSA) is 45.5 Å². The molecule has 0 spiro atoms. The number of carboxylic acids is 1. The van der Waals surface area contributed by atoms with E-state index in [9.17, 15) is 4.79 Å². The molecule has 2 heterocycles. The average Bonchev–Trinajstić information content (AvgIpc) is 2.45. The lowest BCUT2D eigenvalue weighted by Gasteiger charge is -2.25. The Morgan fingerprint density at radius 2 is 2.29 bits per heavy atom. The van der Waals surface area contributed by atoms with E-state index >= 15 is 0 Å². The second-order valence-corrected chi connectivity index (χ2v) is 4.49. The summed E-state index contributed by atoms with van der Waals surface area (Å²) in [5.74, 6) is 1.17. The highest BCUT2D eigenvalue weighted by Gasteiger charge is 2.22. The quantitative estimate of drug-likeness (QED) is 0.761. The molecule has 76 valence electrons. The highest BCUT2D eigenvalue weighted by molar-refractivity contribution is 7.99. The van der Waals surface area contributed by atoms with Gasteiger partial charge in [-0.15, -0.1) is 11.8 Å². The van der Waals surface area contributed by atoms with Crippen LogP contribution in [0.25, 0.3) is 0 Å². The van der Waals surface area contributed by atoms with E-state index in [0.29, 0.717) is 5.69 Å². The normalized spacial score (nSPS) is 15.4. The average molecular weight is 212 g/mol. The van der Waals surface area contributed by atoms with Crippen molar-refractivity contribution in [3.8, 4) is 0 Å². The van der Waals surface area contributed by atoms with Gasteiger partial charge >= 0.3 is 5.97 Å². The summed E-state index contributed by atoms with van der Waals surface area (Å²) >= 11 is 1.72. The summed E-state index contributed by atoms with van der Waals surface area (Å²) in [6.07, 6.45) is 0. The van der Waals surface area contributed by atoms with Crippen LogP contribution in [0.5, 0.6) is 0 Å². The minimum absolute atomic E-state index is 0.358. The van der Waals surface area contributed by atoms with Gasteiger partial charge in [0.05, 0.1) is 4.90 Å². The molecule has 1 aliphatic heterocycles. The van der Waals surface area contributed by atoms with Crippen LogP contribution in [0, 0.1) is 0 Å². The summed E-state index contributed by atoms with van der Waals surface area (Å²) in [6, 6.07) is 1.75. The molecule has 1 aromatic heterocycles. The minimum Gasteiger partial charge on any atom is -0.477 e. The van der Waals surface area contributed by atoms with Crippen LogP contribution in [0.2, 0.25) is 0 Å². The number of carbonyl (C=O) groups is 1. The van der Waals surface area contributed by atoms with Crippen molar-refractivity contribution in [1.82, 2.24) is 4.57 Å². The van der Waals surface area contributed by atoms with Gasteiger partial charge in [-0.25, -0.2) is 4.79 Å². The van der Waals surface area contributed by atoms with E-state index in [1.54, 1.807) is 29.4 Å². The Morgan fingerprint density at radius 1 is 1.57 bits per heavy atom.